The lowest BCUT2D eigenvalue weighted by atomic mass is 10.1. The Bertz CT molecular complexity index is 784. The molecule has 7 nitrogen and oxygen atoms in total. The largest absolute Gasteiger partial charge is 0.383 e. The first-order chi connectivity index (χ1) is 14.6. The van der Waals surface area contributed by atoms with Gasteiger partial charge in [-0.05, 0) is 50.5 Å². The molecule has 0 spiro atoms. The van der Waals surface area contributed by atoms with E-state index >= 15 is 0 Å². The summed E-state index contributed by atoms with van der Waals surface area (Å²) in [7, 11) is 0. The minimum Gasteiger partial charge on any atom is -0.383 e. The second-order valence-electron chi connectivity index (χ2n) is 8.94. The quantitative estimate of drug-likeness (QED) is 0.540. The van der Waals surface area contributed by atoms with Gasteiger partial charge in [0.2, 0.25) is 11.8 Å². The molecule has 1 aromatic heterocycles. The average molecular weight is 412 g/mol. The molecule has 162 valence electrons. The molecule has 0 bridgehead atoms. The maximum Gasteiger partial charge on any atom is 0.223 e. The third-order valence-electron chi connectivity index (χ3n) is 6.65. The van der Waals surface area contributed by atoms with E-state index in [1.54, 1.807) is 6.20 Å². The molecule has 0 radical (unpaired) electrons. The minimum atomic E-state index is 0.0470. The number of carbonyl (C=O) groups excluding carboxylic acids is 2. The van der Waals surface area contributed by atoms with Gasteiger partial charge in [0.1, 0.15) is 5.82 Å². The van der Waals surface area contributed by atoms with Gasteiger partial charge in [0, 0.05) is 55.8 Å². The molecule has 7 heteroatoms. The number of nitrogens with zero attached hydrogens (tertiary/aromatic N) is 2. The number of aromatic nitrogens is 1. The zero-order valence-electron chi connectivity index (χ0n) is 17.6. The lowest BCUT2D eigenvalue weighted by molar-refractivity contribution is -0.125. The van der Waals surface area contributed by atoms with Crippen LogP contribution in [0, 0.1) is 11.8 Å². The van der Waals surface area contributed by atoms with Crippen LogP contribution in [-0.4, -0.2) is 46.9 Å². The number of likely N-dealkylation sites (tertiary alicyclic amines) is 1. The summed E-state index contributed by atoms with van der Waals surface area (Å²) in [5.41, 5.74) is 6.71. The summed E-state index contributed by atoms with van der Waals surface area (Å²) < 4.78 is 0. The van der Waals surface area contributed by atoms with Crippen molar-refractivity contribution < 1.29 is 9.59 Å². The number of hydrogen-bond acceptors (Lipinski definition) is 5. The number of rotatable bonds is 9. The fraction of sp³-hybridized carbons (Fsp3) is 0.609. The maximum atomic E-state index is 12.6. The molecule has 1 aliphatic heterocycles. The summed E-state index contributed by atoms with van der Waals surface area (Å²) in [5.74, 6) is 1.53. The first-order valence-electron chi connectivity index (χ1n) is 11.2. The van der Waals surface area contributed by atoms with E-state index in [0.717, 1.165) is 43.7 Å². The van der Waals surface area contributed by atoms with E-state index in [4.69, 9.17) is 5.73 Å². The van der Waals surface area contributed by atoms with Gasteiger partial charge >= 0.3 is 0 Å². The van der Waals surface area contributed by atoms with Crippen LogP contribution in [0.1, 0.15) is 50.5 Å². The molecule has 3 aliphatic rings. The van der Waals surface area contributed by atoms with Crippen LogP contribution in [0.3, 0.4) is 0 Å². The zero-order chi connectivity index (χ0) is 20.9. The molecule has 0 aromatic carbocycles. The summed E-state index contributed by atoms with van der Waals surface area (Å²) in [6, 6.07) is 4.28. The van der Waals surface area contributed by atoms with Crippen molar-refractivity contribution in [2.24, 2.45) is 11.8 Å². The molecule has 4 N–H and O–H groups in total. The fourth-order valence-corrected chi connectivity index (χ4v) is 4.62. The number of nitrogens with one attached hydrogen (secondary N) is 2. The third kappa shape index (κ3) is 5.39. The van der Waals surface area contributed by atoms with E-state index < -0.39 is 0 Å². The third-order valence-corrected chi connectivity index (χ3v) is 6.65. The van der Waals surface area contributed by atoms with Gasteiger partial charge < -0.3 is 16.4 Å². The number of nitrogens with two attached hydrogens (primary N) is 1. The van der Waals surface area contributed by atoms with Crippen LogP contribution in [0.5, 0.6) is 0 Å². The summed E-state index contributed by atoms with van der Waals surface area (Å²) in [6.45, 7) is 2.13. The Morgan fingerprint density at radius 2 is 1.87 bits per heavy atom. The average Bonchev–Trinajstić information content (AvgIpc) is 3.23. The van der Waals surface area contributed by atoms with Crippen LogP contribution in [0.25, 0.3) is 0 Å². The first kappa shape index (κ1) is 20.8. The van der Waals surface area contributed by atoms with Gasteiger partial charge in [0.15, 0.2) is 0 Å². The smallest absolute Gasteiger partial charge is 0.223 e. The van der Waals surface area contributed by atoms with Crippen LogP contribution in [0.2, 0.25) is 0 Å². The van der Waals surface area contributed by atoms with E-state index in [0.29, 0.717) is 31.4 Å². The Hall–Kier alpha value is -2.41. The Morgan fingerprint density at radius 3 is 2.60 bits per heavy atom. The van der Waals surface area contributed by atoms with Gasteiger partial charge in [-0.25, -0.2) is 4.98 Å². The maximum absolute atomic E-state index is 12.6. The number of anilines is 1. The Balaban J connectivity index is 1.28. The molecule has 2 aliphatic carbocycles. The molecule has 2 atom stereocenters. The standard InChI is InChI=1S/C23H33N5O2/c24-22-18(6-3-11-25-22)13-26-21(29)12-19-9-10-20(28(19)15-16-7-8-16)14-27-23(30)17-4-1-2-5-17/h1-3,6,11,16-17,19-20H,4-5,7-10,12-15H2,(H2,24,25)(H,26,29)(H,27,30)/t19-,20+/m1/s1. The number of amides is 2. The highest BCUT2D eigenvalue weighted by atomic mass is 16.2. The molecular formula is C23H33N5O2. The van der Waals surface area contributed by atoms with Gasteiger partial charge in [-0.15, -0.1) is 0 Å². The van der Waals surface area contributed by atoms with E-state index in [9.17, 15) is 9.59 Å². The fourth-order valence-electron chi connectivity index (χ4n) is 4.62. The van der Waals surface area contributed by atoms with Crippen molar-refractivity contribution in [3.05, 3.63) is 36.0 Å². The molecule has 2 amide bonds. The molecule has 1 saturated heterocycles. The van der Waals surface area contributed by atoms with Gasteiger partial charge in [-0.3, -0.25) is 14.5 Å². The predicted octanol–water partition coefficient (Wildman–Crippen LogP) is 2.00. The number of nitrogen functional groups attached to an aromatic ring is 1. The lowest BCUT2D eigenvalue weighted by Gasteiger charge is -2.30. The monoisotopic (exact) mass is 411 g/mol. The highest BCUT2D eigenvalue weighted by molar-refractivity contribution is 5.79. The Morgan fingerprint density at radius 1 is 1.10 bits per heavy atom. The van der Waals surface area contributed by atoms with Gasteiger partial charge in [-0.1, -0.05) is 18.2 Å². The van der Waals surface area contributed by atoms with Crippen molar-refractivity contribution in [2.75, 3.05) is 18.8 Å². The van der Waals surface area contributed by atoms with Gasteiger partial charge in [0.05, 0.1) is 0 Å². The van der Waals surface area contributed by atoms with Gasteiger partial charge in [-0.2, -0.15) is 0 Å². The Kier molecular flexibility index (Phi) is 6.67. The highest BCUT2D eigenvalue weighted by Gasteiger charge is 2.38. The number of hydrogen-bond donors (Lipinski definition) is 3. The van der Waals surface area contributed by atoms with Crippen LogP contribution in [0.15, 0.2) is 30.5 Å². The van der Waals surface area contributed by atoms with Crippen molar-refractivity contribution in [3.63, 3.8) is 0 Å². The summed E-state index contributed by atoms with van der Waals surface area (Å²) in [4.78, 5) is 31.6. The molecule has 0 unspecified atom stereocenters. The van der Waals surface area contributed by atoms with Crippen molar-refractivity contribution in [1.29, 1.82) is 0 Å². The second kappa shape index (κ2) is 9.60. The van der Waals surface area contributed by atoms with Crippen LogP contribution in [0.4, 0.5) is 5.82 Å². The summed E-state index contributed by atoms with van der Waals surface area (Å²) in [5, 5.41) is 6.17. The van der Waals surface area contributed by atoms with E-state index in [1.807, 2.05) is 12.1 Å². The van der Waals surface area contributed by atoms with Crippen molar-refractivity contribution in [3.8, 4) is 0 Å². The topological polar surface area (TPSA) is 100 Å². The van der Waals surface area contributed by atoms with Crippen LogP contribution < -0.4 is 16.4 Å². The van der Waals surface area contributed by atoms with E-state index in [1.165, 1.54) is 12.8 Å². The second-order valence-corrected chi connectivity index (χ2v) is 8.94. The molecule has 4 rings (SSSR count). The van der Waals surface area contributed by atoms with Crippen LogP contribution in [-0.2, 0) is 16.1 Å². The normalized spacial score (nSPS) is 24.3. The van der Waals surface area contributed by atoms with Crippen molar-refractivity contribution >= 4 is 17.6 Å². The minimum absolute atomic E-state index is 0.0470. The summed E-state index contributed by atoms with van der Waals surface area (Å²) in [6.07, 6.45) is 12.6. The zero-order valence-corrected chi connectivity index (χ0v) is 17.6. The number of carbonyl (C=O) groups is 2. The highest BCUT2D eigenvalue weighted by Crippen LogP contribution is 2.35. The molecule has 2 heterocycles. The molecule has 2 fully saturated rings. The number of pyridine rings is 1. The molecular weight excluding hydrogens is 378 g/mol. The van der Waals surface area contributed by atoms with E-state index in [-0.39, 0.29) is 23.8 Å². The Labute approximate surface area is 178 Å². The van der Waals surface area contributed by atoms with Crippen molar-refractivity contribution in [2.45, 2.75) is 63.6 Å². The first-order valence-corrected chi connectivity index (χ1v) is 11.2. The SMILES string of the molecule is Nc1ncccc1CNC(=O)C[C@H]1CC[C@@H](CNC(=O)C2CC=CC2)N1CC1CC1. The van der Waals surface area contributed by atoms with E-state index in [2.05, 4.69) is 32.7 Å². The molecule has 1 saturated carbocycles. The molecule has 30 heavy (non-hydrogen) atoms. The predicted molar refractivity (Wildman–Crippen MR) is 116 cm³/mol. The van der Waals surface area contributed by atoms with Crippen LogP contribution >= 0.6 is 0 Å². The van der Waals surface area contributed by atoms with Gasteiger partial charge in [0.25, 0.3) is 0 Å². The molecule has 1 aromatic rings. The lowest BCUT2D eigenvalue weighted by Crippen LogP contribution is -2.46. The van der Waals surface area contributed by atoms with Crippen molar-refractivity contribution in [1.82, 2.24) is 20.5 Å². The summed E-state index contributed by atoms with van der Waals surface area (Å²) >= 11 is 0. The number of allylic oxidation sites excluding steroid dienone is 2.